The standard InChI is InChI=1S/C20H26N3O4/c1-10-8-11(24)23-14-17(2,3)19(12-13(27-12)21(4)15(19)25)9-18(14)6-7-20(10,23)16(26)22(18)5/h6,10,12-14H,7-9H2,1-5H3/t10-,12?,13+,14?,18+,19+,20+/m0/s1. The number of fused-ring (bicyclic) bond motifs is 4. The van der Waals surface area contributed by atoms with E-state index < -0.39 is 21.9 Å². The van der Waals surface area contributed by atoms with Crippen molar-refractivity contribution in [1.82, 2.24) is 14.7 Å². The normalized spacial score (nSPS) is 54.1. The summed E-state index contributed by atoms with van der Waals surface area (Å²) < 4.78 is 5.92. The van der Waals surface area contributed by atoms with Crippen LogP contribution in [0, 0.1) is 23.2 Å². The predicted molar refractivity (Wildman–Crippen MR) is 93.8 cm³/mol. The number of hydrogen-bond acceptors (Lipinski definition) is 4. The summed E-state index contributed by atoms with van der Waals surface area (Å²) in [6.07, 6.45) is 3.48. The SMILES string of the molecule is C[C@H]1CC(=O)N2C3C(C)(C)[C@@]4(C[C@]35[CH]C[C@]12C(=O)N5C)C(=O)N(C)[C@@H]1OC14. The Morgan fingerprint density at radius 1 is 1.15 bits per heavy atom. The fraction of sp³-hybridized carbons (Fsp3) is 0.800. The van der Waals surface area contributed by atoms with Crippen LogP contribution in [0.15, 0.2) is 0 Å². The summed E-state index contributed by atoms with van der Waals surface area (Å²) in [4.78, 5) is 45.6. The molecule has 7 heteroatoms. The largest absolute Gasteiger partial charge is 0.346 e. The van der Waals surface area contributed by atoms with Crippen molar-refractivity contribution in [2.24, 2.45) is 16.7 Å². The van der Waals surface area contributed by atoms with E-state index >= 15 is 0 Å². The highest BCUT2D eigenvalue weighted by Crippen LogP contribution is 2.74. The van der Waals surface area contributed by atoms with Crippen LogP contribution in [0.1, 0.15) is 40.0 Å². The number of piperazine rings is 1. The van der Waals surface area contributed by atoms with Gasteiger partial charge in [0.25, 0.3) is 0 Å². The molecule has 7 fully saturated rings. The Morgan fingerprint density at radius 3 is 2.48 bits per heavy atom. The molecule has 6 heterocycles. The molecule has 3 amide bonds. The lowest BCUT2D eigenvalue weighted by Crippen LogP contribution is -2.81. The Labute approximate surface area is 159 Å². The molecule has 145 valence electrons. The highest BCUT2D eigenvalue weighted by Gasteiger charge is 2.87. The minimum absolute atomic E-state index is 0.0197. The lowest BCUT2D eigenvalue weighted by Gasteiger charge is -2.65. The van der Waals surface area contributed by atoms with Gasteiger partial charge in [-0.05, 0) is 25.2 Å². The minimum Gasteiger partial charge on any atom is -0.346 e. The molecule has 7 aliphatic rings. The van der Waals surface area contributed by atoms with E-state index in [-0.39, 0.29) is 42.0 Å². The van der Waals surface area contributed by atoms with Gasteiger partial charge >= 0.3 is 0 Å². The van der Waals surface area contributed by atoms with Crippen LogP contribution in [0.4, 0.5) is 0 Å². The van der Waals surface area contributed by atoms with Crippen molar-refractivity contribution in [2.75, 3.05) is 14.1 Å². The molecule has 6 aliphatic heterocycles. The minimum atomic E-state index is -0.779. The zero-order valence-electron chi connectivity index (χ0n) is 16.5. The van der Waals surface area contributed by atoms with E-state index in [1.165, 1.54) is 0 Å². The summed E-state index contributed by atoms with van der Waals surface area (Å²) in [5.74, 6) is 0.181. The maximum atomic E-state index is 13.5. The summed E-state index contributed by atoms with van der Waals surface area (Å²) in [6.45, 7) is 6.24. The van der Waals surface area contributed by atoms with Crippen LogP contribution in [0.3, 0.4) is 0 Å². The van der Waals surface area contributed by atoms with Crippen LogP contribution in [-0.2, 0) is 19.1 Å². The van der Waals surface area contributed by atoms with Crippen molar-refractivity contribution in [1.29, 1.82) is 0 Å². The van der Waals surface area contributed by atoms with Gasteiger partial charge in [-0.25, -0.2) is 0 Å². The Hall–Kier alpha value is -1.63. The van der Waals surface area contributed by atoms with E-state index in [0.29, 0.717) is 19.3 Å². The maximum Gasteiger partial charge on any atom is 0.249 e. The quantitative estimate of drug-likeness (QED) is 0.577. The number of epoxide rings is 1. The van der Waals surface area contributed by atoms with Gasteiger partial charge in [0.15, 0.2) is 6.23 Å². The van der Waals surface area contributed by atoms with E-state index in [1.54, 1.807) is 11.9 Å². The summed E-state index contributed by atoms with van der Waals surface area (Å²) in [7, 11) is 3.67. The molecule has 2 bridgehead atoms. The summed E-state index contributed by atoms with van der Waals surface area (Å²) in [6, 6.07) is -0.195. The van der Waals surface area contributed by atoms with Crippen molar-refractivity contribution in [3.05, 3.63) is 6.42 Å². The average Bonchev–Trinajstić information content (AvgIpc) is 3.27. The monoisotopic (exact) mass is 372 g/mol. The molecule has 0 aromatic rings. The third-order valence-corrected chi connectivity index (χ3v) is 9.23. The van der Waals surface area contributed by atoms with E-state index in [9.17, 15) is 14.4 Å². The van der Waals surface area contributed by atoms with E-state index in [0.717, 1.165) is 0 Å². The van der Waals surface area contributed by atoms with Gasteiger partial charge in [0, 0.05) is 25.9 Å². The van der Waals surface area contributed by atoms with Crippen molar-refractivity contribution in [3.63, 3.8) is 0 Å². The molecule has 1 aliphatic carbocycles. The molecule has 7 atom stereocenters. The number of likely N-dealkylation sites (tertiary alicyclic amines) is 1. The van der Waals surface area contributed by atoms with Crippen LogP contribution in [0.5, 0.6) is 0 Å². The lowest BCUT2D eigenvalue weighted by atomic mass is 9.61. The molecule has 0 aromatic carbocycles. The van der Waals surface area contributed by atoms with E-state index in [2.05, 4.69) is 20.3 Å². The van der Waals surface area contributed by atoms with Gasteiger partial charge in [0.1, 0.15) is 11.6 Å². The first-order chi connectivity index (χ1) is 12.6. The Bertz CT molecular complexity index is 841. The van der Waals surface area contributed by atoms with Crippen LogP contribution in [0.25, 0.3) is 0 Å². The molecule has 7 nitrogen and oxygen atoms in total. The molecular formula is C20H26N3O4. The first-order valence-corrected chi connectivity index (χ1v) is 9.95. The lowest BCUT2D eigenvalue weighted by molar-refractivity contribution is -0.187. The molecule has 3 spiro atoms. The predicted octanol–water partition coefficient (Wildman–Crippen LogP) is 0.394. The molecule has 0 aromatic heterocycles. The van der Waals surface area contributed by atoms with Crippen molar-refractivity contribution in [2.45, 2.75) is 69.5 Å². The number of nitrogens with zero attached hydrogens (tertiary/aromatic N) is 3. The van der Waals surface area contributed by atoms with Gasteiger partial charge in [0.2, 0.25) is 17.7 Å². The second kappa shape index (κ2) is 4.04. The second-order valence-corrected chi connectivity index (χ2v) is 10.2. The molecule has 6 saturated heterocycles. The second-order valence-electron chi connectivity index (χ2n) is 10.2. The number of amides is 3. The van der Waals surface area contributed by atoms with E-state index in [1.807, 2.05) is 23.8 Å². The van der Waals surface area contributed by atoms with Crippen LogP contribution in [0.2, 0.25) is 0 Å². The average molecular weight is 372 g/mol. The molecular weight excluding hydrogens is 346 g/mol. The molecule has 27 heavy (non-hydrogen) atoms. The fourth-order valence-electron chi connectivity index (χ4n) is 7.81. The highest BCUT2D eigenvalue weighted by atomic mass is 16.6. The number of likely N-dealkylation sites (N-methyl/N-ethyl adjacent to an activating group) is 2. The van der Waals surface area contributed by atoms with Crippen molar-refractivity contribution >= 4 is 17.7 Å². The van der Waals surface area contributed by atoms with Gasteiger partial charge in [-0.15, -0.1) is 0 Å². The van der Waals surface area contributed by atoms with Gasteiger partial charge in [-0.2, -0.15) is 0 Å². The van der Waals surface area contributed by atoms with E-state index in [4.69, 9.17) is 4.74 Å². The summed E-state index contributed by atoms with van der Waals surface area (Å²) in [5, 5.41) is 0. The third-order valence-electron chi connectivity index (χ3n) is 9.23. The summed E-state index contributed by atoms with van der Waals surface area (Å²) in [5.41, 5.74) is -2.57. The Kier molecular flexibility index (Phi) is 2.45. The van der Waals surface area contributed by atoms with Gasteiger partial charge in [-0.1, -0.05) is 20.8 Å². The number of carbonyl (C=O) groups excluding carboxylic acids is 3. The molecule has 0 N–H and O–H groups in total. The van der Waals surface area contributed by atoms with Crippen molar-refractivity contribution in [3.8, 4) is 0 Å². The van der Waals surface area contributed by atoms with Crippen LogP contribution >= 0.6 is 0 Å². The fourth-order valence-corrected chi connectivity index (χ4v) is 7.81. The van der Waals surface area contributed by atoms with Crippen molar-refractivity contribution < 1.29 is 19.1 Å². The number of rotatable bonds is 0. The smallest absolute Gasteiger partial charge is 0.249 e. The topological polar surface area (TPSA) is 73.5 Å². The highest BCUT2D eigenvalue weighted by molar-refractivity contribution is 6.00. The van der Waals surface area contributed by atoms with Gasteiger partial charge in [0.05, 0.1) is 17.0 Å². The van der Waals surface area contributed by atoms with Crippen LogP contribution < -0.4 is 0 Å². The zero-order valence-corrected chi connectivity index (χ0v) is 16.5. The first-order valence-electron chi connectivity index (χ1n) is 9.95. The molecule has 2 unspecified atom stereocenters. The first kappa shape index (κ1) is 16.3. The number of carbonyl (C=O) groups is 3. The molecule has 1 radical (unpaired) electrons. The van der Waals surface area contributed by atoms with Gasteiger partial charge < -0.3 is 19.4 Å². The number of piperidine rings is 2. The van der Waals surface area contributed by atoms with Gasteiger partial charge in [-0.3, -0.25) is 14.4 Å². The maximum absolute atomic E-state index is 13.5. The zero-order chi connectivity index (χ0) is 19.3. The number of hydrogen-bond donors (Lipinski definition) is 0. The Morgan fingerprint density at radius 2 is 1.85 bits per heavy atom. The molecule has 1 saturated carbocycles. The third kappa shape index (κ3) is 1.26. The summed E-state index contributed by atoms with van der Waals surface area (Å²) >= 11 is 0. The Balaban J connectivity index is 1.61. The van der Waals surface area contributed by atoms with Crippen LogP contribution in [-0.4, -0.2) is 76.0 Å². The number of ether oxygens (including phenoxy) is 1. The molecule has 7 rings (SSSR count).